The van der Waals surface area contributed by atoms with Gasteiger partial charge in [0.2, 0.25) is 0 Å². The van der Waals surface area contributed by atoms with E-state index >= 15 is 0 Å². The molecule has 1 heterocycles. The monoisotopic (exact) mass is 225 g/mol. The quantitative estimate of drug-likeness (QED) is 0.798. The van der Waals surface area contributed by atoms with Crippen LogP contribution in [0.2, 0.25) is 0 Å². The van der Waals surface area contributed by atoms with Crippen LogP contribution >= 0.6 is 0 Å². The number of piperidine rings is 1. The molecular weight excluding hydrogens is 198 g/mol. The van der Waals surface area contributed by atoms with Crippen LogP contribution in [-0.2, 0) is 0 Å². The lowest BCUT2D eigenvalue weighted by Crippen LogP contribution is -2.45. The van der Waals surface area contributed by atoms with Gasteiger partial charge in [-0.2, -0.15) is 0 Å². The maximum atomic E-state index is 9.65. The van der Waals surface area contributed by atoms with Crippen molar-refractivity contribution in [3.8, 4) is 0 Å². The predicted octanol–water partition coefficient (Wildman–Crippen LogP) is 2.52. The Kier molecular flexibility index (Phi) is 3.91. The Balaban J connectivity index is 1.92. The largest absolute Gasteiger partial charge is 0.396 e. The fraction of sp³-hybridized carbons (Fsp3) is 1.00. The lowest BCUT2D eigenvalue weighted by molar-refractivity contribution is 0.0459. The molecule has 0 amide bonds. The molecule has 2 fully saturated rings. The van der Waals surface area contributed by atoms with E-state index < -0.39 is 0 Å². The molecule has 2 unspecified atom stereocenters. The number of rotatable bonds is 3. The van der Waals surface area contributed by atoms with Gasteiger partial charge >= 0.3 is 0 Å². The van der Waals surface area contributed by atoms with Crippen molar-refractivity contribution >= 4 is 0 Å². The van der Waals surface area contributed by atoms with Gasteiger partial charge in [-0.1, -0.05) is 26.7 Å². The van der Waals surface area contributed by atoms with E-state index in [1.807, 2.05) is 0 Å². The number of aliphatic hydroxyl groups is 1. The molecule has 2 heteroatoms. The first kappa shape index (κ1) is 12.4. The molecule has 0 aromatic heterocycles. The Morgan fingerprint density at radius 3 is 2.19 bits per heavy atom. The molecule has 1 aliphatic heterocycles. The van der Waals surface area contributed by atoms with E-state index in [9.17, 15) is 5.11 Å². The van der Waals surface area contributed by atoms with Gasteiger partial charge in [0.1, 0.15) is 0 Å². The number of hydrogen-bond acceptors (Lipinski definition) is 2. The van der Waals surface area contributed by atoms with Gasteiger partial charge < -0.3 is 10.0 Å². The summed E-state index contributed by atoms with van der Waals surface area (Å²) in [5, 5.41) is 9.65. The maximum Gasteiger partial charge on any atom is 0.0499 e. The van der Waals surface area contributed by atoms with Gasteiger partial charge in [-0.3, -0.25) is 0 Å². The Hall–Kier alpha value is -0.0800. The standard InChI is InChI=1S/C14H27NO/c1-12-7-13(2)9-15(8-12)10-14(11-16)5-3-4-6-14/h12-13,16H,3-11H2,1-2H3. The molecule has 2 atom stereocenters. The smallest absolute Gasteiger partial charge is 0.0499 e. The van der Waals surface area contributed by atoms with Gasteiger partial charge in [0, 0.05) is 31.7 Å². The van der Waals surface area contributed by atoms with Crippen molar-refractivity contribution in [3.05, 3.63) is 0 Å². The maximum absolute atomic E-state index is 9.65. The van der Waals surface area contributed by atoms with Crippen molar-refractivity contribution in [3.63, 3.8) is 0 Å². The van der Waals surface area contributed by atoms with Crippen molar-refractivity contribution in [2.24, 2.45) is 17.3 Å². The van der Waals surface area contributed by atoms with Crippen LogP contribution in [0, 0.1) is 17.3 Å². The summed E-state index contributed by atoms with van der Waals surface area (Å²) in [5.41, 5.74) is 0.247. The highest BCUT2D eigenvalue weighted by atomic mass is 16.3. The highest BCUT2D eigenvalue weighted by Crippen LogP contribution is 2.39. The van der Waals surface area contributed by atoms with Crippen LogP contribution in [0.3, 0.4) is 0 Å². The summed E-state index contributed by atoms with van der Waals surface area (Å²) in [6, 6.07) is 0. The first-order chi connectivity index (χ1) is 7.63. The van der Waals surface area contributed by atoms with Crippen LogP contribution in [0.1, 0.15) is 46.0 Å². The van der Waals surface area contributed by atoms with E-state index in [0.717, 1.165) is 18.4 Å². The van der Waals surface area contributed by atoms with Crippen LogP contribution in [0.4, 0.5) is 0 Å². The Labute approximate surface area is 100 Å². The Morgan fingerprint density at radius 2 is 1.69 bits per heavy atom. The third-order valence-corrected chi connectivity index (χ3v) is 4.50. The fourth-order valence-corrected chi connectivity index (χ4v) is 3.89. The zero-order chi connectivity index (χ0) is 11.6. The fourth-order valence-electron chi connectivity index (χ4n) is 3.89. The second-order valence-corrected chi connectivity index (χ2v) is 6.51. The van der Waals surface area contributed by atoms with Gasteiger partial charge in [-0.05, 0) is 31.1 Å². The first-order valence-electron chi connectivity index (χ1n) is 6.97. The lowest BCUT2D eigenvalue weighted by Gasteiger charge is -2.40. The molecule has 2 rings (SSSR count). The molecular formula is C14H27NO. The first-order valence-corrected chi connectivity index (χ1v) is 6.97. The molecule has 1 N–H and O–H groups in total. The minimum Gasteiger partial charge on any atom is -0.396 e. The van der Waals surface area contributed by atoms with E-state index in [1.165, 1.54) is 45.2 Å². The Morgan fingerprint density at radius 1 is 1.12 bits per heavy atom. The van der Waals surface area contributed by atoms with Gasteiger partial charge in [0.05, 0.1) is 0 Å². The van der Waals surface area contributed by atoms with Gasteiger partial charge in [0.25, 0.3) is 0 Å². The van der Waals surface area contributed by atoms with Crippen molar-refractivity contribution in [2.75, 3.05) is 26.2 Å². The number of aliphatic hydroxyl groups excluding tert-OH is 1. The van der Waals surface area contributed by atoms with Crippen LogP contribution in [0.25, 0.3) is 0 Å². The summed E-state index contributed by atoms with van der Waals surface area (Å²) in [6.45, 7) is 8.74. The zero-order valence-electron chi connectivity index (χ0n) is 10.9. The molecule has 0 aromatic rings. The molecule has 0 spiro atoms. The molecule has 2 aliphatic rings. The third-order valence-electron chi connectivity index (χ3n) is 4.50. The highest BCUT2D eigenvalue weighted by molar-refractivity contribution is 4.89. The van der Waals surface area contributed by atoms with Crippen LogP contribution in [-0.4, -0.2) is 36.2 Å². The molecule has 2 nitrogen and oxygen atoms in total. The molecule has 1 saturated heterocycles. The minimum atomic E-state index is 0.247. The van der Waals surface area contributed by atoms with Crippen molar-refractivity contribution in [2.45, 2.75) is 46.0 Å². The molecule has 0 bridgehead atoms. The predicted molar refractivity (Wildman–Crippen MR) is 67.4 cm³/mol. The Bertz CT molecular complexity index is 213. The third kappa shape index (κ3) is 2.78. The summed E-state index contributed by atoms with van der Waals surface area (Å²) in [7, 11) is 0. The SMILES string of the molecule is CC1CC(C)CN(CC2(CO)CCCC2)C1. The van der Waals surface area contributed by atoms with E-state index in [2.05, 4.69) is 18.7 Å². The number of nitrogens with zero attached hydrogens (tertiary/aromatic N) is 1. The summed E-state index contributed by atoms with van der Waals surface area (Å²) in [4.78, 5) is 2.61. The van der Waals surface area contributed by atoms with E-state index in [4.69, 9.17) is 0 Å². The summed E-state index contributed by atoms with van der Waals surface area (Å²) >= 11 is 0. The molecule has 16 heavy (non-hydrogen) atoms. The van der Waals surface area contributed by atoms with Gasteiger partial charge in [-0.25, -0.2) is 0 Å². The normalized spacial score (nSPS) is 35.4. The molecule has 1 saturated carbocycles. The zero-order valence-corrected chi connectivity index (χ0v) is 10.9. The van der Waals surface area contributed by atoms with Crippen molar-refractivity contribution < 1.29 is 5.11 Å². The van der Waals surface area contributed by atoms with Crippen LogP contribution < -0.4 is 0 Å². The van der Waals surface area contributed by atoms with E-state index in [-0.39, 0.29) is 5.41 Å². The van der Waals surface area contributed by atoms with Crippen molar-refractivity contribution in [1.29, 1.82) is 0 Å². The molecule has 94 valence electrons. The van der Waals surface area contributed by atoms with Gasteiger partial charge in [-0.15, -0.1) is 0 Å². The highest BCUT2D eigenvalue weighted by Gasteiger charge is 2.36. The number of likely N-dealkylation sites (tertiary alicyclic amines) is 1. The molecule has 0 radical (unpaired) electrons. The van der Waals surface area contributed by atoms with E-state index in [1.54, 1.807) is 0 Å². The van der Waals surface area contributed by atoms with Crippen LogP contribution in [0.15, 0.2) is 0 Å². The summed E-state index contributed by atoms with van der Waals surface area (Å²) < 4.78 is 0. The second-order valence-electron chi connectivity index (χ2n) is 6.51. The summed E-state index contributed by atoms with van der Waals surface area (Å²) in [6.07, 6.45) is 6.49. The van der Waals surface area contributed by atoms with Crippen molar-refractivity contribution in [1.82, 2.24) is 4.90 Å². The summed E-state index contributed by atoms with van der Waals surface area (Å²) in [5.74, 6) is 1.67. The number of hydrogen-bond donors (Lipinski definition) is 1. The average Bonchev–Trinajstić information content (AvgIpc) is 2.65. The molecule has 0 aromatic carbocycles. The van der Waals surface area contributed by atoms with E-state index in [0.29, 0.717) is 6.61 Å². The lowest BCUT2D eigenvalue weighted by atomic mass is 9.84. The second kappa shape index (κ2) is 5.05. The van der Waals surface area contributed by atoms with Crippen LogP contribution in [0.5, 0.6) is 0 Å². The minimum absolute atomic E-state index is 0.247. The molecule has 1 aliphatic carbocycles. The topological polar surface area (TPSA) is 23.5 Å². The average molecular weight is 225 g/mol. The van der Waals surface area contributed by atoms with Gasteiger partial charge in [0.15, 0.2) is 0 Å².